The molecule has 1 heterocycles. The van der Waals surface area contributed by atoms with Crippen molar-refractivity contribution < 1.29 is 13.2 Å². The Morgan fingerprint density at radius 3 is 2.37 bits per heavy atom. The third kappa shape index (κ3) is 3.59. The summed E-state index contributed by atoms with van der Waals surface area (Å²) in [4.78, 5) is 7.90. The SMILES string of the molecule is FC(F)(F)c1ccccc1-c1ccc2nc(C=CC34CCC(Br)(CC3)CC4)[nH]c2c1. The van der Waals surface area contributed by atoms with Crippen LogP contribution in [0.2, 0.25) is 0 Å². The molecule has 3 aromatic rings. The molecule has 6 heteroatoms. The van der Waals surface area contributed by atoms with E-state index in [2.05, 4.69) is 38.0 Å². The maximum atomic E-state index is 13.4. The monoisotopic (exact) mass is 474 g/mol. The van der Waals surface area contributed by atoms with Crippen LogP contribution in [0.3, 0.4) is 0 Å². The van der Waals surface area contributed by atoms with Gasteiger partial charge in [-0.15, -0.1) is 0 Å². The lowest BCUT2D eigenvalue weighted by atomic mass is 9.60. The van der Waals surface area contributed by atoms with Crippen LogP contribution in [-0.2, 0) is 6.18 Å². The molecule has 2 nitrogen and oxygen atoms in total. The summed E-state index contributed by atoms with van der Waals surface area (Å²) < 4.78 is 40.5. The Bertz CT molecular complexity index is 1100. The number of benzene rings is 2. The van der Waals surface area contributed by atoms with Crippen LogP contribution in [0.1, 0.15) is 49.9 Å². The highest BCUT2D eigenvalue weighted by molar-refractivity contribution is 9.10. The van der Waals surface area contributed by atoms with Crippen LogP contribution in [0.4, 0.5) is 13.2 Å². The number of aromatic amines is 1. The number of alkyl halides is 4. The number of nitrogens with zero attached hydrogens (tertiary/aromatic N) is 1. The van der Waals surface area contributed by atoms with Crippen LogP contribution in [0.5, 0.6) is 0 Å². The Kier molecular flexibility index (Phi) is 4.62. The summed E-state index contributed by atoms with van der Waals surface area (Å²) in [6, 6.07) is 10.9. The summed E-state index contributed by atoms with van der Waals surface area (Å²) in [7, 11) is 0. The number of hydrogen-bond acceptors (Lipinski definition) is 1. The molecule has 0 radical (unpaired) electrons. The van der Waals surface area contributed by atoms with E-state index in [-0.39, 0.29) is 11.0 Å². The van der Waals surface area contributed by atoms with Gasteiger partial charge in [-0.2, -0.15) is 13.2 Å². The molecule has 3 aliphatic carbocycles. The molecule has 2 bridgehead atoms. The van der Waals surface area contributed by atoms with E-state index in [0.29, 0.717) is 9.89 Å². The van der Waals surface area contributed by atoms with Gasteiger partial charge in [0.25, 0.3) is 0 Å². The molecule has 0 atom stereocenters. The minimum absolute atomic E-state index is 0.181. The van der Waals surface area contributed by atoms with Crippen LogP contribution in [0, 0.1) is 5.41 Å². The zero-order valence-electron chi connectivity index (χ0n) is 16.4. The smallest absolute Gasteiger partial charge is 0.338 e. The van der Waals surface area contributed by atoms with Crippen molar-refractivity contribution in [3.05, 3.63) is 59.9 Å². The Balaban J connectivity index is 1.44. The summed E-state index contributed by atoms with van der Waals surface area (Å²) in [5.41, 5.74) is 1.84. The summed E-state index contributed by atoms with van der Waals surface area (Å²) >= 11 is 3.91. The average molecular weight is 475 g/mol. The van der Waals surface area contributed by atoms with Gasteiger partial charge in [-0.1, -0.05) is 46.3 Å². The summed E-state index contributed by atoms with van der Waals surface area (Å²) in [6.07, 6.45) is 7.15. The zero-order chi connectivity index (χ0) is 21.0. The third-order valence-electron chi connectivity index (χ3n) is 6.85. The minimum atomic E-state index is -4.39. The second-order valence-corrected chi connectivity index (χ2v) is 10.4. The molecule has 3 saturated carbocycles. The van der Waals surface area contributed by atoms with E-state index in [1.165, 1.54) is 50.7 Å². The Labute approximate surface area is 181 Å². The number of imidazole rings is 1. The van der Waals surface area contributed by atoms with E-state index in [1.54, 1.807) is 24.3 Å². The molecule has 1 N–H and O–H groups in total. The van der Waals surface area contributed by atoms with Crippen LogP contribution in [0.15, 0.2) is 48.5 Å². The Morgan fingerprint density at radius 1 is 0.967 bits per heavy atom. The molecule has 6 rings (SSSR count). The van der Waals surface area contributed by atoms with Gasteiger partial charge in [-0.05, 0) is 79.3 Å². The largest absolute Gasteiger partial charge is 0.417 e. The standard InChI is InChI=1S/C24H22BrF3N2/c25-23-12-9-22(10-13-23,11-14-23)8-7-21-29-19-6-5-16(15-20(19)30-21)17-3-1-2-4-18(17)24(26,27)28/h1-8,15H,9-14H2,(H,29,30). The number of allylic oxidation sites excluding steroid dienone is 1. The Hall–Kier alpha value is -2.08. The van der Waals surface area contributed by atoms with E-state index >= 15 is 0 Å². The van der Waals surface area contributed by atoms with Crippen molar-refractivity contribution >= 4 is 33.0 Å². The maximum absolute atomic E-state index is 13.4. The lowest BCUT2D eigenvalue weighted by Gasteiger charge is -2.49. The van der Waals surface area contributed by atoms with E-state index in [0.717, 1.165) is 22.9 Å². The summed E-state index contributed by atoms with van der Waals surface area (Å²) in [5.74, 6) is 0.752. The molecule has 0 amide bonds. The van der Waals surface area contributed by atoms with E-state index in [1.807, 2.05) is 0 Å². The first kappa shape index (κ1) is 19.9. The molecule has 3 fully saturated rings. The van der Waals surface area contributed by atoms with E-state index in [9.17, 15) is 13.2 Å². The van der Waals surface area contributed by atoms with Gasteiger partial charge in [0.1, 0.15) is 5.82 Å². The lowest BCUT2D eigenvalue weighted by molar-refractivity contribution is -0.137. The molecule has 1 aromatic heterocycles. The quantitative estimate of drug-likeness (QED) is 0.386. The normalized spacial score (nSPS) is 26.7. The highest BCUT2D eigenvalue weighted by Crippen LogP contribution is 2.56. The first-order valence-electron chi connectivity index (χ1n) is 10.3. The van der Waals surface area contributed by atoms with Crippen molar-refractivity contribution in [2.45, 2.75) is 49.0 Å². The number of aromatic nitrogens is 2. The Morgan fingerprint density at radius 2 is 1.67 bits per heavy atom. The van der Waals surface area contributed by atoms with Crippen molar-refractivity contribution in [1.82, 2.24) is 9.97 Å². The molecule has 30 heavy (non-hydrogen) atoms. The van der Waals surface area contributed by atoms with Crippen LogP contribution in [0.25, 0.3) is 28.2 Å². The molecule has 0 aliphatic heterocycles. The van der Waals surface area contributed by atoms with Gasteiger partial charge < -0.3 is 4.98 Å². The predicted octanol–water partition coefficient (Wildman–Crippen LogP) is 7.75. The molecular weight excluding hydrogens is 453 g/mol. The van der Waals surface area contributed by atoms with Crippen molar-refractivity contribution in [3.8, 4) is 11.1 Å². The molecule has 0 spiro atoms. The second kappa shape index (κ2) is 6.98. The summed E-state index contributed by atoms with van der Waals surface area (Å²) in [6.45, 7) is 0. The molecule has 0 saturated heterocycles. The summed E-state index contributed by atoms with van der Waals surface area (Å²) in [5, 5.41) is 0. The fourth-order valence-electron chi connectivity index (χ4n) is 4.93. The van der Waals surface area contributed by atoms with Crippen molar-refractivity contribution in [2.75, 3.05) is 0 Å². The highest BCUT2D eigenvalue weighted by atomic mass is 79.9. The number of nitrogens with one attached hydrogen (secondary N) is 1. The van der Waals surface area contributed by atoms with Crippen LogP contribution >= 0.6 is 15.9 Å². The predicted molar refractivity (Wildman–Crippen MR) is 117 cm³/mol. The minimum Gasteiger partial charge on any atom is -0.338 e. The van der Waals surface area contributed by atoms with E-state index in [4.69, 9.17) is 0 Å². The topological polar surface area (TPSA) is 28.7 Å². The molecular formula is C24H22BrF3N2. The maximum Gasteiger partial charge on any atom is 0.417 e. The second-order valence-electron chi connectivity index (χ2n) is 8.74. The third-order valence-corrected chi connectivity index (χ3v) is 8.04. The van der Waals surface area contributed by atoms with Crippen molar-refractivity contribution in [2.24, 2.45) is 5.41 Å². The number of H-pyrrole nitrogens is 1. The van der Waals surface area contributed by atoms with E-state index < -0.39 is 11.7 Å². The van der Waals surface area contributed by atoms with Gasteiger partial charge in [0.2, 0.25) is 0 Å². The number of rotatable bonds is 3. The highest BCUT2D eigenvalue weighted by Gasteiger charge is 2.45. The van der Waals surface area contributed by atoms with Crippen LogP contribution < -0.4 is 0 Å². The van der Waals surface area contributed by atoms with Crippen molar-refractivity contribution in [3.63, 3.8) is 0 Å². The number of halogens is 4. The van der Waals surface area contributed by atoms with Gasteiger partial charge in [0, 0.05) is 4.32 Å². The lowest BCUT2D eigenvalue weighted by Crippen LogP contribution is -2.41. The fraction of sp³-hybridized carbons (Fsp3) is 0.375. The van der Waals surface area contributed by atoms with Gasteiger partial charge in [0.15, 0.2) is 0 Å². The molecule has 0 unspecified atom stereocenters. The van der Waals surface area contributed by atoms with Gasteiger partial charge in [-0.25, -0.2) is 4.98 Å². The molecule has 3 aliphatic rings. The first-order chi connectivity index (χ1) is 14.3. The molecule has 2 aromatic carbocycles. The number of hydrogen-bond donors (Lipinski definition) is 1. The average Bonchev–Trinajstić information content (AvgIpc) is 3.15. The molecule has 156 valence electrons. The first-order valence-corrected chi connectivity index (χ1v) is 11.1. The zero-order valence-corrected chi connectivity index (χ0v) is 18.0. The van der Waals surface area contributed by atoms with Crippen molar-refractivity contribution in [1.29, 1.82) is 0 Å². The van der Waals surface area contributed by atoms with Crippen LogP contribution in [-0.4, -0.2) is 14.3 Å². The fourth-order valence-corrected chi connectivity index (χ4v) is 5.53. The van der Waals surface area contributed by atoms with Gasteiger partial charge in [0.05, 0.1) is 16.6 Å². The van der Waals surface area contributed by atoms with Gasteiger partial charge >= 0.3 is 6.18 Å². The van der Waals surface area contributed by atoms with Gasteiger partial charge in [-0.3, -0.25) is 0 Å². The number of fused-ring (bicyclic) bond motifs is 4.